The summed E-state index contributed by atoms with van der Waals surface area (Å²) in [5.41, 5.74) is 3.83. The first-order chi connectivity index (χ1) is 8.88. The number of aryl methyl sites for hydroxylation is 2. The zero-order valence-corrected chi connectivity index (χ0v) is 10.8. The lowest BCUT2D eigenvalue weighted by Crippen LogP contribution is -1.82. The second kappa shape index (κ2) is 6.67. The van der Waals surface area contributed by atoms with Gasteiger partial charge in [-0.3, -0.25) is 0 Å². The van der Waals surface area contributed by atoms with Gasteiger partial charge in [-0.2, -0.15) is 0 Å². The summed E-state index contributed by atoms with van der Waals surface area (Å²) in [4.78, 5) is 0. The van der Waals surface area contributed by atoms with Crippen LogP contribution in [0.3, 0.4) is 0 Å². The van der Waals surface area contributed by atoms with Gasteiger partial charge in [-0.1, -0.05) is 61.2 Å². The van der Waals surface area contributed by atoms with Gasteiger partial charge in [0.1, 0.15) is 0 Å². The standard InChI is InChI=1S/C18H18/c1-2-16-12-14-18(15-13-16)11-7-6-10-17-8-4-3-5-9-17/h3-5,8-9,12-15H,2,6,10H2,1H3. The molecule has 2 aromatic rings. The molecule has 0 heterocycles. The molecule has 0 atom stereocenters. The van der Waals surface area contributed by atoms with Crippen LogP contribution in [0.1, 0.15) is 30.0 Å². The first-order valence-corrected chi connectivity index (χ1v) is 6.50. The highest BCUT2D eigenvalue weighted by Crippen LogP contribution is 2.04. The first-order valence-electron chi connectivity index (χ1n) is 6.50. The monoisotopic (exact) mass is 234 g/mol. The molecule has 0 aliphatic heterocycles. The average Bonchev–Trinajstić information content (AvgIpc) is 2.45. The molecule has 0 aromatic heterocycles. The molecule has 2 rings (SSSR count). The Morgan fingerprint density at radius 3 is 2.22 bits per heavy atom. The van der Waals surface area contributed by atoms with Gasteiger partial charge in [0.15, 0.2) is 0 Å². The van der Waals surface area contributed by atoms with Crippen molar-refractivity contribution in [1.82, 2.24) is 0 Å². The van der Waals surface area contributed by atoms with E-state index in [1.165, 1.54) is 11.1 Å². The molecule has 2 aromatic carbocycles. The van der Waals surface area contributed by atoms with Crippen LogP contribution in [0.5, 0.6) is 0 Å². The molecule has 0 amide bonds. The lowest BCUT2D eigenvalue weighted by Gasteiger charge is -1.96. The molecule has 0 heteroatoms. The van der Waals surface area contributed by atoms with Crippen LogP contribution in [0.15, 0.2) is 54.6 Å². The fourth-order valence-electron chi connectivity index (χ4n) is 1.84. The van der Waals surface area contributed by atoms with Crippen molar-refractivity contribution in [2.24, 2.45) is 0 Å². The zero-order valence-electron chi connectivity index (χ0n) is 10.8. The van der Waals surface area contributed by atoms with Crippen molar-refractivity contribution in [3.05, 3.63) is 71.3 Å². The van der Waals surface area contributed by atoms with Crippen molar-refractivity contribution in [2.45, 2.75) is 26.2 Å². The van der Waals surface area contributed by atoms with Gasteiger partial charge in [0.05, 0.1) is 0 Å². The fourth-order valence-corrected chi connectivity index (χ4v) is 1.84. The highest BCUT2D eigenvalue weighted by atomic mass is 13.9. The maximum absolute atomic E-state index is 3.24. The third-order valence-electron chi connectivity index (χ3n) is 2.98. The van der Waals surface area contributed by atoms with Crippen molar-refractivity contribution < 1.29 is 0 Å². The van der Waals surface area contributed by atoms with Crippen molar-refractivity contribution in [3.8, 4) is 11.8 Å². The largest absolute Gasteiger partial charge is 0.0975 e. The van der Waals surface area contributed by atoms with Crippen LogP contribution in [0, 0.1) is 11.8 Å². The first kappa shape index (κ1) is 12.5. The molecule has 0 fully saturated rings. The minimum absolute atomic E-state index is 0.916. The minimum atomic E-state index is 0.916. The smallest absolute Gasteiger partial charge is 0.0245 e. The molecular weight excluding hydrogens is 216 g/mol. The molecule has 18 heavy (non-hydrogen) atoms. The van der Waals surface area contributed by atoms with E-state index < -0.39 is 0 Å². The number of hydrogen-bond acceptors (Lipinski definition) is 0. The predicted molar refractivity (Wildman–Crippen MR) is 77.5 cm³/mol. The second-order valence-corrected chi connectivity index (χ2v) is 4.34. The van der Waals surface area contributed by atoms with Gasteiger partial charge in [0.2, 0.25) is 0 Å². The second-order valence-electron chi connectivity index (χ2n) is 4.34. The number of benzene rings is 2. The highest BCUT2D eigenvalue weighted by Gasteiger charge is 1.90. The molecule has 0 radical (unpaired) electrons. The molecule has 0 nitrogen and oxygen atoms in total. The third-order valence-corrected chi connectivity index (χ3v) is 2.98. The van der Waals surface area contributed by atoms with Crippen LogP contribution in [-0.4, -0.2) is 0 Å². The van der Waals surface area contributed by atoms with Crippen molar-refractivity contribution in [1.29, 1.82) is 0 Å². The van der Waals surface area contributed by atoms with Crippen molar-refractivity contribution >= 4 is 0 Å². The van der Waals surface area contributed by atoms with Gasteiger partial charge in [0, 0.05) is 12.0 Å². The Morgan fingerprint density at radius 2 is 1.56 bits per heavy atom. The van der Waals surface area contributed by atoms with Crippen LogP contribution in [0.2, 0.25) is 0 Å². The van der Waals surface area contributed by atoms with E-state index in [-0.39, 0.29) is 0 Å². The van der Waals surface area contributed by atoms with E-state index in [0.717, 1.165) is 24.8 Å². The molecule has 0 spiro atoms. The summed E-state index contributed by atoms with van der Waals surface area (Å²) >= 11 is 0. The number of hydrogen-bond donors (Lipinski definition) is 0. The lowest BCUT2D eigenvalue weighted by molar-refractivity contribution is 1.03. The Kier molecular flexibility index (Phi) is 4.61. The Balaban J connectivity index is 1.88. The van der Waals surface area contributed by atoms with Gasteiger partial charge in [-0.25, -0.2) is 0 Å². The Bertz CT molecular complexity index is 524. The van der Waals surface area contributed by atoms with Crippen molar-refractivity contribution in [3.63, 3.8) is 0 Å². The summed E-state index contributed by atoms with van der Waals surface area (Å²) in [6.07, 6.45) is 3.03. The molecular formula is C18H18. The van der Waals surface area contributed by atoms with Gasteiger partial charge in [-0.05, 0) is 36.1 Å². The van der Waals surface area contributed by atoms with E-state index in [1.807, 2.05) is 6.07 Å². The number of rotatable bonds is 3. The van der Waals surface area contributed by atoms with E-state index in [9.17, 15) is 0 Å². The lowest BCUT2D eigenvalue weighted by atomic mass is 10.1. The topological polar surface area (TPSA) is 0 Å². The summed E-state index contributed by atoms with van der Waals surface area (Å²) in [6, 6.07) is 19.0. The summed E-state index contributed by atoms with van der Waals surface area (Å²) in [5.74, 6) is 6.45. The van der Waals surface area contributed by atoms with Crippen LogP contribution in [-0.2, 0) is 12.8 Å². The molecule has 0 aliphatic carbocycles. The van der Waals surface area contributed by atoms with Crippen LogP contribution in [0.25, 0.3) is 0 Å². The zero-order chi connectivity index (χ0) is 12.6. The molecule has 0 unspecified atom stereocenters. The molecule has 90 valence electrons. The summed E-state index contributed by atoms with van der Waals surface area (Å²) in [7, 11) is 0. The van der Waals surface area contributed by atoms with Crippen LogP contribution >= 0.6 is 0 Å². The fraction of sp³-hybridized carbons (Fsp3) is 0.222. The van der Waals surface area contributed by atoms with Crippen LogP contribution in [0.4, 0.5) is 0 Å². The molecule has 0 aliphatic rings. The SMILES string of the molecule is CCc1ccc(C#CCCc2ccccc2)cc1. The highest BCUT2D eigenvalue weighted by molar-refractivity contribution is 5.36. The molecule has 0 saturated carbocycles. The summed E-state index contributed by atoms with van der Waals surface area (Å²) in [5, 5.41) is 0. The van der Waals surface area contributed by atoms with Gasteiger partial charge >= 0.3 is 0 Å². The van der Waals surface area contributed by atoms with E-state index in [1.54, 1.807) is 0 Å². The van der Waals surface area contributed by atoms with Gasteiger partial charge in [0.25, 0.3) is 0 Å². The molecule has 0 N–H and O–H groups in total. The molecule has 0 bridgehead atoms. The minimum Gasteiger partial charge on any atom is -0.0975 e. The molecule has 0 saturated heterocycles. The third kappa shape index (κ3) is 3.79. The average molecular weight is 234 g/mol. The normalized spacial score (nSPS) is 9.61. The van der Waals surface area contributed by atoms with Crippen LogP contribution < -0.4 is 0 Å². The van der Waals surface area contributed by atoms with E-state index in [0.29, 0.717) is 0 Å². The summed E-state index contributed by atoms with van der Waals surface area (Å²) < 4.78 is 0. The Morgan fingerprint density at radius 1 is 0.833 bits per heavy atom. The van der Waals surface area contributed by atoms with E-state index in [2.05, 4.69) is 67.3 Å². The van der Waals surface area contributed by atoms with E-state index >= 15 is 0 Å². The predicted octanol–water partition coefficient (Wildman–Crippen LogP) is 4.23. The van der Waals surface area contributed by atoms with Crippen molar-refractivity contribution in [2.75, 3.05) is 0 Å². The summed E-state index contributed by atoms with van der Waals surface area (Å²) in [6.45, 7) is 2.17. The Labute approximate surface area is 110 Å². The van der Waals surface area contributed by atoms with Gasteiger partial charge < -0.3 is 0 Å². The maximum Gasteiger partial charge on any atom is 0.0245 e. The maximum atomic E-state index is 3.24. The van der Waals surface area contributed by atoms with E-state index in [4.69, 9.17) is 0 Å². The van der Waals surface area contributed by atoms with Gasteiger partial charge in [-0.15, -0.1) is 0 Å². The Hall–Kier alpha value is -2.00. The quantitative estimate of drug-likeness (QED) is 0.697.